The lowest BCUT2D eigenvalue weighted by molar-refractivity contribution is -0.240. The maximum absolute atomic E-state index is 7.89. The summed E-state index contributed by atoms with van der Waals surface area (Å²) in [5.41, 5.74) is 0. The van der Waals surface area contributed by atoms with Gasteiger partial charge in [0, 0.05) is 0 Å². The third-order valence-corrected chi connectivity index (χ3v) is 1.01. The SMILES string of the molecule is OOCCC=COC1CO1. The molecule has 1 saturated heterocycles. The molecule has 0 aromatic rings. The van der Waals surface area contributed by atoms with E-state index in [1.807, 2.05) is 0 Å². The maximum atomic E-state index is 7.89. The van der Waals surface area contributed by atoms with E-state index in [-0.39, 0.29) is 6.29 Å². The smallest absolute Gasteiger partial charge is 0.222 e. The van der Waals surface area contributed by atoms with E-state index in [0.717, 1.165) is 0 Å². The fraction of sp³-hybridized carbons (Fsp3) is 0.667. The van der Waals surface area contributed by atoms with E-state index in [1.54, 1.807) is 12.3 Å². The molecule has 1 aliphatic heterocycles. The first-order valence-corrected chi connectivity index (χ1v) is 3.12. The minimum atomic E-state index is -0.0358. The Morgan fingerprint density at radius 2 is 2.50 bits per heavy atom. The monoisotopic (exact) mass is 146 g/mol. The number of rotatable bonds is 5. The van der Waals surface area contributed by atoms with Crippen molar-refractivity contribution in [1.82, 2.24) is 0 Å². The van der Waals surface area contributed by atoms with Crippen molar-refractivity contribution in [3.05, 3.63) is 12.3 Å². The van der Waals surface area contributed by atoms with Crippen molar-refractivity contribution in [2.45, 2.75) is 12.7 Å². The molecule has 0 radical (unpaired) electrons. The van der Waals surface area contributed by atoms with Crippen LogP contribution in [-0.2, 0) is 14.4 Å². The van der Waals surface area contributed by atoms with Crippen LogP contribution in [0, 0.1) is 0 Å². The van der Waals surface area contributed by atoms with Gasteiger partial charge in [0.15, 0.2) is 0 Å². The van der Waals surface area contributed by atoms with Crippen molar-refractivity contribution >= 4 is 0 Å². The lowest BCUT2D eigenvalue weighted by atomic mass is 10.4. The third kappa shape index (κ3) is 3.45. The number of epoxide rings is 1. The second-order valence-corrected chi connectivity index (χ2v) is 1.89. The van der Waals surface area contributed by atoms with Crippen LogP contribution >= 0.6 is 0 Å². The van der Waals surface area contributed by atoms with Crippen LogP contribution in [0.3, 0.4) is 0 Å². The summed E-state index contributed by atoms with van der Waals surface area (Å²) < 4.78 is 9.72. The van der Waals surface area contributed by atoms with Crippen LogP contribution in [0.15, 0.2) is 12.3 Å². The van der Waals surface area contributed by atoms with Gasteiger partial charge in [-0.25, -0.2) is 4.89 Å². The molecule has 0 aromatic carbocycles. The van der Waals surface area contributed by atoms with Gasteiger partial charge in [-0.15, -0.1) is 0 Å². The fourth-order valence-electron chi connectivity index (χ4n) is 0.450. The van der Waals surface area contributed by atoms with Gasteiger partial charge in [-0.05, 0) is 12.5 Å². The molecule has 1 fully saturated rings. The maximum Gasteiger partial charge on any atom is 0.222 e. The average Bonchev–Trinajstić information content (AvgIpc) is 2.71. The van der Waals surface area contributed by atoms with Crippen molar-refractivity contribution in [3.8, 4) is 0 Å². The molecule has 0 saturated carbocycles. The molecule has 1 heterocycles. The Labute approximate surface area is 58.9 Å². The van der Waals surface area contributed by atoms with Crippen molar-refractivity contribution in [2.75, 3.05) is 13.2 Å². The van der Waals surface area contributed by atoms with Crippen molar-refractivity contribution in [1.29, 1.82) is 0 Å². The Hall–Kier alpha value is -0.580. The molecule has 0 aromatic heterocycles. The van der Waals surface area contributed by atoms with Gasteiger partial charge in [0.2, 0.25) is 6.29 Å². The molecule has 4 nitrogen and oxygen atoms in total. The first kappa shape index (κ1) is 7.53. The van der Waals surface area contributed by atoms with E-state index in [9.17, 15) is 0 Å². The van der Waals surface area contributed by atoms with Gasteiger partial charge >= 0.3 is 0 Å². The van der Waals surface area contributed by atoms with Gasteiger partial charge in [0.1, 0.15) is 6.61 Å². The predicted octanol–water partition coefficient (Wildman–Crippen LogP) is 0.753. The van der Waals surface area contributed by atoms with Gasteiger partial charge in [-0.1, -0.05) is 0 Å². The molecule has 1 unspecified atom stereocenters. The van der Waals surface area contributed by atoms with Crippen LogP contribution in [0.1, 0.15) is 6.42 Å². The van der Waals surface area contributed by atoms with Crippen molar-refractivity contribution in [2.24, 2.45) is 0 Å². The van der Waals surface area contributed by atoms with Crippen LogP contribution in [0.4, 0.5) is 0 Å². The lowest BCUT2D eigenvalue weighted by Crippen LogP contribution is -1.87. The molecule has 1 aliphatic rings. The predicted molar refractivity (Wildman–Crippen MR) is 33.2 cm³/mol. The summed E-state index contributed by atoms with van der Waals surface area (Å²) in [5.74, 6) is 0. The Kier molecular flexibility index (Phi) is 3.21. The molecule has 1 atom stereocenters. The highest BCUT2D eigenvalue weighted by Gasteiger charge is 2.22. The molecule has 10 heavy (non-hydrogen) atoms. The van der Waals surface area contributed by atoms with E-state index in [1.165, 1.54) is 0 Å². The molecule has 0 bridgehead atoms. The molecule has 0 spiro atoms. The molecule has 4 heteroatoms. The molecular weight excluding hydrogens is 136 g/mol. The van der Waals surface area contributed by atoms with E-state index in [4.69, 9.17) is 14.7 Å². The van der Waals surface area contributed by atoms with Crippen LogP contribution in [0.2, 0.25) is 0 Å². The molecule has 0 amide bonds. The number of hydrogen-bond donors (Lipinski definition) is 1. The highest BCUT2D eigenvalue weighted by molar-refractivity contribution is 4.74. The number of hydrogen-bond acceptors (Lipinski definition) is 4. The zero-order valence-corrected chi connectivity index (χ0v) is 5.53. The van der Waals surface area contributed by atoms with Crippen molar-refractivity contribution in [3.63, 3.8) is 0 Å². The molecule has 1 rings (SSSR count). The Morgan fingerprint density at radius 1 is 1.70 bits per heavy atom. The van der Waals surface area contributed by atoms with Crippen LogP contribution < -0.4 is 0 Å². The summed E-state index contributed by atoms with van der Waals surface area (Å²) in [6, 6.07) is 0. The van der Waals surface area contributed by atoms with Gasteiger partial charge in [-0.2, -0.15) is 0 Å². The molecule has 0 aliphatic carbocycles. The minimum Gasteiger partial charge on any atom is -0.470 e. The average molecular weight is 146 g/mol. The molecule has 1 N–H and O–H groups in total. The normalized spacial score (nSPS) is 23.5. The van der Waals surface area contributed by atoms with Gasteiger partial charge in [0.05, 0.1) is 12.9 Å². The fourth-order valence-corrected chi connectivity index (χ4v) is 0.450. The topological polar surface area (TPSA) is 51.2 Å². The highest BCUT2D eigenvalue weighted by Crippen LogP contribution is 2.09. The minimum absolute atomic E-state index is 0.0358. The summed E-state index contributed by atoms with van der Waals surface area (Å²) in [4.78, 5) is 3.83. The first-order chi connectivity index (χ1) is 4.93. The van der Waals surface area contributed by atoms with Crippen molar-refractivity contribution < 1.29 is 19.6 Å². The largest absolute Gasteiger partial charge is 0.470 e. The third-order valence-electron chi connectivity index (χ3n) is 1.01. The second kappa shape index (κ2) is 4.27. The molecule has 58 valence electrons. The number of ether oxygens (including phenoxy) is 2. The van der Waals surface area contributed by atoms with Gasteiger partial charge in [0.25, 0.3) is 0 Å². The van der Waals surface area contributed by atoms with Crippen LogP contribution in [0.25, 0.3) is 0 Å². The van der Waals surface area contributed by atoms with Gasteiger partial charge in [-0.3, -0.25) is 5.26 Å². The van der Waals surface area contributed by atoms with Crippen LogP contribution in [0.5, 0.6) is 0 Å². The van der Waals surface area contributed by atoms with Crippen LogP contribution in [-0.4, -0.2) is 24.8 Å². The Balaban J connectivity index is 1.84. The standard InChI is InChI=1S/C6H10O4/c7-10-4-2-1-3-8-6-5-9-6/h1,3,6-7H,2,4-5H2. The summed E-state index contributed by atoms with van der Waals surface area (Å²) in [6.45, 7) is 0.978. The first-order valence-electron chi connectivity index (χ1n) is 3.12. The zero-order chi connectivity index (χ0) is 7.23. The summed E-state index contributed by atoms with van der Waals surface area (Å²) in [7, 11) is 0. The quantitative estimate of drug-likeness (QED) is 0.204. The lowest BCUT2D eigenvalue weighted by Gasteiger charge is -1.91. The summed E-state index contributed by atoms with van der Waals surface area (Å²) in [6.07, 6.45) is 3.92. The highest BCUT2D eigenvalue weighted by atomic mass is 17.1. The molecular formula is C6H10O4. The van der Waals surface area contributed by atoms with E-state index in [2.05, 4.69) is 4.89 Å². The summed E-state index contributed by atoms with van der Waals surface area (Å²) in [5, 5.41) is 7.89. The van der Waals surface area contributed by atoms with E-state index >= 15 is 0 Å². The summed E-state index contributed by atoms with van der Waals surface area (Å²) >= 11 is 0. The van der Waals surface area contributed by atoms with E-state index < -0.39 is 0 Å². The van der Waals surface area contributed by atoms with E-state index in [0.29, 0.717) is 19.6 Å². The second-order valence-electron chi connectivity index (χ2n) is 1.89. The zero-order valence-electron chi connectivity index (χ0n) is 5.53. The Morgan fingerprint density at radius 3 is 3.10 bits per heavy atom. The Bertz CT molecular complexity index is 108. The van der Waals surface area contributed by atoms with Gasteiger partial charge < -0.3 is 9.47 Å².